The molecule has 1 unspecified atom stereocenters. The summed E-state index contributed by atoms with van der Waals surface area (Å²) in [5.74, 6) is -0.817. The van der Waals surface area contributed by atoms with Crippen molar-refractivity contribution >= 4 is 45.5 Å². The van der Waals surface area contributed by atoms with Gasteiger partial charge in [0.1, 0.15) is 5.54 Å². The van der Waals surface area contributed by atoms with Crippen LogP contribution in [0.3, 0.4) is 0 Å². The molecule has 1 aliphatic heterocycles. The fourth-order valence-electron chi connectivity index (χ4n) is 2.32. The zero-order valence-electron chi connectivity index (χ0n) is 14.5. The van der Waals surface area contributed by atoms with Crippen LogP contribution in [0.5, 0.6) is 0 Å². The summed E-state index contributed by atoms with van der Waals surface area (Å²) in [5.41, 5.74) is 2.02. The number of imide groups is 1. The SMILES string of the molecule is CCC1(C)NC(=O)N(NC(=O)CSc2nnc(-c3ccccc3Br)o2)C1=O. The van der Waals surface area contributed by atoms with Crippen molar-refractivity contribution in [3.05, 3.63) is 28.7 Å². The van der Waals surface area contributed by atoms with Crippen molar-refractivity contribution in [1.29, 1.82) is 0 Å². The number of halogens is 1. The molecule has 4 amide bonds. The van der Waals surface area contributed by atoms with Crippen LogP contribution in [0.25, 0.3) is 11.5 Å². The van der Waals surface area contributed by atoms with Crippen LogP contribution >= 0.6 is 27.7 Å². The molecule has 3 rings (SSSR count). The van der Waals surface area contributed by atoms with Gasteiger partial charge in [0.05, 0.1) is 11.3 Å². The van der Waals surface area contributed by atoms with E-state index in [2.05, 4.69) is 36.9 Å². The molecule has 2 aromatic rings. The minimum absolute atomic E-state index is 0.0997. The summed E-state index contributed by atoms with van der Waals surface area (Å²) in [5, 5.41) is 11.3. The van der Waals surface area contributed by atoms with Crippen LogP contribution in [0.2, 0.25) is 0 Å². The summed E-state index contributed by atoms with van der Waals surface area (Å²) in [6, 6.07) is 6.72. The van der Waals surface area contributed by atoms with Gasteiger partial charge in [0.25, 0.3) is 11.1 Å². The molecular formula is C16H16BrN5O4S. The molecule has 0 spiro atoms. The second-order valence-corrected chi connectivity index (χ2v) is 7.71. The Balaban J connectivity index is 1.58. The molecule has 0 bridgehead atoms. The van der Waals surface area contributed by atoms with Crippen molar-refractivity contribution in [3.8, 4) is 11.5 Å². The number of hydrogen-bond acceptors (Lipinski definition) is 7. The molecule has 1 aromatic heterocycles. The van der Waals surface area contributed by atoms with Gasteiger partial charge in [0.2, 0.25) is 11.8 Å². The predicted molar refractivity (Wildman–Crippen MR) is 100 cm³/mol. The number of aromatic nitrogens is 2. The maximum atomic E-state index is 12.2. The average molecular weight is 454 g/mol. The lowest BCUT2D eigenvalue weighted by Crippen LogP contribution is -2.49. The second kappa shape index (κ2) is 7.69. The van der Waals surface area contributed by atoms with E-state index in [4.69, 9.17) is 4.42 Å². The van der Waals surface area contributed by atoms with Gasteiger partial charge in [-0.05, 0) is 41.4 Å². The summed E-state index contributed by atoms with van der Waals surface area (Å²) in [7, 11) is 0. The zero-order valence-corrected chi connectivity index (χ0v) is 16.9. The highest BCUT2D eigenvalue weighted by atomic mass is 79.9. The second-order valence-electron chi connectivity index (χ2n) is 5.93. The van der Waals surface area contributed by atoms with E-state index < -0.39 is 23.4 Å². The minimum Gasteiger partial charge on any atom is -0.411 e. The fourth-order valence-corrected chi connectivity index (χ4v) is 3.33. The first kappa shape index (κ1) is 19.4. The van der Waals surface area contributed by atoms with Gasteiger partial charge in [-0.2, -0.15) is 5.01 Å². The highest BCUT2D eigenvalue weighted by Gasteiger charge is 2.47. The van der Waals surface area contributed by atoms with Crippen molar-refractivity contribution in [2.45, 2.75) is 31.0 Å². The highest BCUT2D eigenvalue weighted by molar-refractivity contribution is 9.10. The molecule has 0 radical (unpaired) electrons. The number of amides is 4. The van der Waals surface area contributed by atoms with Gasteiger partial charge in [-0.3, -0.25) is 15.0 Å². The molecule has 2 N–H and O–H groups in total. The Hall–Kier alpha value is -2.40. The Labute approximate surface area is 167 Å². The van der Waals surface area contributed by atoms with E-state index in [0.717, 1.165) is 21.8 Å². The van der Waals surface area contributed by atoms with Gasteiger partial charge in [0.15, 0.2) is 0 Å². The largest absolute Gasteiger partial charge is 0.411 e. The maximum Gasteiger partial charge on any atom is 0.344 e. The number of hydrogen-bond donors (Lipinski definition) is 2. The molecule has 1 aromatic carbocycles. The lowest BCUT2D eigenvalue weighted by atomic mass is 10.00. The Morgan fingerprint density at radius 1 is 1.37 bits per heavy atom. The van der Waals surface area contributed by atoms with E-state index in [1.807, 2.05) is 24.3 Å². The summed E-state index contributed by atoms with van der Waals surface area (Å²) < 4.78 is 6.34. The van der Waals surface area contributed by atoms with E-state index in [1.54, 1.807) is 13.8 Å². The molecule has 0 aliphatic carbocycles. The molecule has 1 aliphatic rings. The minimum atomic E-state index is -1.01. The molecule has 142 valence electrons. The Kier molecular flexibility index (Phi) is 5.51. The Morgan fingerprint density at radius 3 is 2.78 bits per heavy atom. The van der Waals surface area contributed by atoms with Gasteiger partial charge in [-0.15, -0.1) is 10.2 Å². The third-order valence-corrected chi connectivity index (χ3v) is 5.55. The number of nitrogens with one attached hydrogen (secondary N) is 2. The zero-order chi connectivity index (χ0) is 19.6. The Bertz CT molecular complexity index is 904. The standard InChI is InChI=1S/C16H16BrN5O4S/c1-3-16(2)13(24)22(14(25)18-16)21-11(23)8-27-15-20-19-12(26-15)9-6-4-5-7-10(9)17/h4-7H,3,8H2,1-2H3,(H,18,25)(H,21,23). The first-order valence-corrected chi connectivity index (χ1v) is 9.79. The summed E-state index contributed by atoms with van der Waals surface area (Å²) in [4.78, 5) is 36.2. The number of benzene rings is 1. The van der Waals surface area contributed by atoms with Gasteiger partial charge in [0, 0.05) is 4.47 Å². The van der Waals surface area contributed by atoms with Crippen LogP contribution in [0.4, 0.5) is 4.79 Å². The van der Waals surface area contributed by atoms with E-state index in [0.29, 0.717) is 17.3 Å². The van der Waals surface area contributed by atoms with E-state index in [1.165, 1.54) is 0 Å². The van der Waals surface area contributed by atoms with Crippen LogP contribution < -0.4 is 10.7 Å². The van der Waals surface area contributed by atoms with Gasteiger partial charge >= 0.3 is 6.03 Å². The molecule has 0 saturated carbocycles. The molecule has 1 saturated heterocycles. The van der Waals surface area contributed by atoms with Crippen LogP contribution in [-0.2, 0) is 9.59 Å². The quantitative estimate of drug-likeness (QED) is 0.508. The number of carbonyl (C=O) groups excluding carboxylic acids is 3. The number of nitrogens with zero attached hydrogens (tertiary/aromatic N) is 3. The van der Waals surface area contributed by atoms with Crippen molar-refractivity contribution in [2.75, 3.05) is 5.75 Å². The normalized spacial score (nSPS) is 19.3. The number of thioether (sulfide) groups is 1. The molecule has 9 nitrogen and oxygen atoms in total. The van der Waals surface area contributed by atoms with E-state index >= 15 is 0 Å². The van der Waals surface area contributed by atoms with Crippen molar-refractivity contribution in [1.82, 2.24) is 25.9 Å². The number of rotatable bonds is 6. The maximum absolute atomic E-state index is 12.2. The lowest BCUT2D eigenvalue weighted by molar-refractivity contribution is -0.137. The van der Waals surface area contributed by atoms with Crippen LogP contribution in [-0.4, -0.2) is 44.3 Å². The predicted octanol–water partition coefficient (Wildman–Crippen LogP) is 2.34. The van der Waals surface area contributed by atoms with E-state index in [9.17, 15) is 14.4 Å². The molecule has 2 heterocycles. The van der Waals surface area contributed by atoms with Gasteiger partial charge in [-0.1, -0.05) is 30.8 Å². The van der Waals surface area contributed by atoms with Gasteiger partial charge < -0.3 is 9.73 Å². The van der Waals surface area contributed by atoms with Crippen molar-refractivity contribution in [3.63, 3.8) is 0 Å². The fraction of sp³-hybridized carbons (Fsp3) is 0.312. The topological polar surface area (TPSA) is 117 Å². The van der Waals surface area contributed by atoms with Crippen molar-refractivity contribution < 1.29 is 18.8 Å². The molecule has 1 atom stereocenters. The molecule has 11 heteroatoms. The summed E-state index contributed by atoms with van der Waals surface area (Å²) in [6.07, 6.45) is 0.415. The molecular weight excluding hydrogens is 438 g/mol. The van der Waals surface area contributed by atoms with Crippen LogP contribution in [0.1, 0.15) is 20.3 Å². The first-order valence-electron chi connectivity index (χ1n) is 8.01. The van der Waals surface area contributed by atoms with Crippen LogP contribution in [0, 0.1) is 0 Å². The summed E-state index contributed by atoms with van der Waals surface area (Å²) in [6.45, 7) is 3.38. The lowest BCUT2D eigenvalue weighted by Gasteiger charge is -2.19. The third-order valence-electron chi connectivity index (χ3n) is 4.04. The van der Waals surface area contributed by atoms with Crippen LogP contribution in [0.15, 0.2) is 38.4 Å². The monoisotopic (exact) mass is 453 g/mol. The number of carbonyl (C=O) groups is 3. The van der Waals surface area contributed by atoms with Gasteiger partial charge in [-0.25, -0.2) is 4.79 Å². The van der Waals surface area contributed by atoms with E-state index in [-0.39, 0.29) is 11.0 Å². The Morgan fingerprint density at radius 2 is 2.11 bits per heavy atom. The smallest absolute Gasteiger partial charge is 0.344 e. The highest BCUT2D eigenvalue weighted by Crippen LogP contribution is 2.29. The first-order chi connectivity index (χ1) is 12.8. The number of urea groups is 1. The summed E-state index contributed by atoms with van der Waals surface area (Å²) >= 11 is 4.41. The van der Waals surface area contributed by atoms with Crippen molar-refractivity contribution in [2.24, 2.45) is 0 Å². The third kappa shape index (κ3) is 3.98. The molecule has 27 heavy (non-hydrogen) atoms. The molecule has 1 fully saturated rings. The number of hydrazine groups is 1. The average Bonchev–Trinajstić information content (AvgIpc) is 3.20.